The van der Waals surface area contributed by atoms with Gasteiger partial charge < -0.3 is 10.6 Å². The van der Waals surface area contributed by atoms with Crippen molar-refractivity contribution in [2.24, 2.45) is 0 Å². The first kappa shape index (κ1) is 16.0. The molecule has 4 nitrogen and oxygen atoms in total. The molecule has 0 fully saturated rings. The van der Waals surface area contributed by atoms with E-state index in [2.05, 4.69) is 10.6 Å². The standard InChI is InChI=1S/C20H20N2O2/c1-13-5-3-4-6-17(13)22-20(24)15-7-9-16(10-8-15)21-18-11-12-19(23)14(18)2/h3-10,21H,11-12H2,1-2H3,(H,22,24). The molecule has 0 saturated carbocycles. The minimum absolute atomic E-state index is 0.137. The van der Waals surface area contributed by atoms with Gasteiger partial charge in [0.05, 0.1) is 0 Å². The third-order valence-electron chi connectivity index (χ3n) is 4.31. The van der Waals surface area contributed by atoms with Crippen molar-refractivity contribution in [3.63, 3.8) is 0 Å². The highest BCUT2D eigenvalue weighted by Gasteiger charge is 2.19. The highest BCUT2D eigenvalue weighted by molar-refractivity contribution is 6.04. The number of Topliss-reactive ketones (excluding diaryl/α,β-unsaturated/α-hetero) is 1. The molecule has 0 heterocycles. The predicted octanol–water partition coefficient (Wildman–Crippen LogP) is 4.30. The molecule has 122 valence electrons. The lowest BCUT2D eigenvalue weighted by atomic mass is 10.1. The van der Waals surface area contributed by atoms with E-state index >= 15 is 0 Å². The number of hydrogen-bond acceptors (Lipinski definition) is 3. The van der Waals surface area contributed by atoms with Gasteiger partial charge >= 0.3 is 0 Å². The largest absolute Gasteiger partial charge is 0.359 e. The number of amides is 1. The lowest BCUT2D eigenvalue weighted by Crippen LogP contribution is -2.12. The maximum absolute atomic E-state index is 12.3. The van der Waals surface area contributed by atoms with E-state index in [1.54, 1.807) is 12.1 Å². The van der Waals surface area contributed by atoms with Gasteiger partial charge in [-0.05, 0) is 56.2 Å². The number of ketones is 1. The Morgan fingerprint density at radius 1 is 0.958 bits per heavy atom. The molecule has 0 unspecified atom stereocenters. The Labute approximate surface area is 141 Å². The normalized spacial score (nSPS) is 14.0. The third-order valence-corrected chi connectivity index (χ3v) is 4.31. The number of aryl methyl sites for hydroxylation is 1. The van der Waals surface area contributed by atoms with Crippen LogP contribution in [0.2, 0.25) is 0 Å². The molecule has 2 N–H and O–H groups in total. The first-order chi connectivity index (χ1) is 11.5. The van der Waals surface area contributed by atoms with Gasteiger partial charge in [0.15, 0.2) is 5.78 Å². The SMILES string of the molecule is CC1=C(Nc2ccc(C(=O)Nc3ccccc3C)cc2)CCC1=O. The quantitative estimate of drug-likeness (QED) is 0.883. The summed E-state index contributed by atoms with van der Waals surface area (Å²) in [4.78, 5) is 23.9. The average Bonchev–Trinajstić information content (AvgIpc) is 2.90. The number of anilines is 2. The van der Waals surface area contributed by atoms with Crippen LogP contribution in [0.1, 0.15) is 35.7 Å². The van der Waals surface area contributed by atoms with Gasteiger partial charge in [0, 0.05) is 34.6 Å². The van der Waals surface area contributed by atoms with E-state index in [9.17, 15) is 9.59 Å². The van der Waals surface area contributed by atoms with Gasteiger partial charge in [-0.2, -0.15) is 0 Å². The van der Waals surface area contributed by atoms with Gasteiger partial charge in [-0.1, -0.05) is 18.2 Å². The average molecular weight is 320 g/mol. The molecule has 1 aliphatic rings. The summed E-state index contributed by atoms with van der Waals surface area (Å²) < 4.78 is 0. The number of carbonyl (C=O) groups is 2. The van der Waals surface area contributed by atoms with E-state index in [0.29, 0.717) is 12.0 Å². The van der Waals surface area contributed by atoms with E-state index in [1.165, 1.54) is 0 Å². The Morgan fingerprint density at radius 3 is 2.29 bits per heavy atom. The van der Waals surface area contributed by atoms with E-state index in [-0.39, 0.29) is 11.7 Å². The minimum atomic E-state index is -0.137. The van der Waals surface area contributed by atoms with Crippen molar-refractivity contribution in [2.75, 3.05) is 10.6 Å². The summed E-state index contributed by atoms with van der Waals surface area (Å²) >= 11 is 0. The monoisotopic (exact) mass is 320 g/mol. The van der Waals surface area contributed by atoms with Crippen molar-refractivity contribution in [1.82, 2.24) is 0 Å². The Hall–Kier alpha value is -2.88. The second-order valence-electron chi connectivity index (χ2n) is 6.00. The number of rotatable bonds is 4. The van der Waals surface area contributed by atoms with Crippen molar-refractivity contribution in [2.45, 2.75) is 26.7 Å². The van der Waals surface area contributed by atoms with Gasteiger partial charge in [0.1, 0.15) is 0 Å². The van der Waals surface area contributed by atoms with Crippen LogP contribution in [0.4, 0.5) is 11.4 Å². The molecule has 4 heteroatoms. The number of allylic oxidation sites excluding steroid dienone is 2. The summed E-state index contributed by atoms with van der Waals surface area (Å²) in [5.41, 5.74) is 5.09. The maximum Gasteiger partial charge on any atom is 0.255 e. The molecule has 3 rings (SSSR count). The van der Waals surface area contributed by atoms with Crippen LogP contribution >= 0.6 is 0 Å². The smallest absolute Gasteiger partial charge is 0.255 e. The topological polar surface area (TPSA) is 58.2 Å². The Balaban J connectivity index is 1.69. The van der Waals surface area contributed by atoms with E-state index in [1.807, 2.05) is 50.2 Å². The fraction of sp³-hybridized carbons (Fsp3) is 0.200. The number of nitrogens with one attached hydrogen (secondary N) is 2. The fourth-order valence-electron chi connectivity index (χ4n) is 2.72. The van der Waals surface area contributed by atoms with Gasteiger partial charge in [0.2, 0.25) is 0 Å². The molecule has 0 radical (unpaired) electrons. The lowest BCUT2D eigenvalue weighted by molar-refractivity contribution is -0.114. The summed E-state index contributed by atoms with van der Waals surface area (Å²) in [6.45, 7) is 3.81. The fourth-order valence-corrected chi connectivity index (χ4v) is 2.72. The van der Waals surface area contributed by atoms with Crippen LogP contribution in [0.3, 0.4) is 0 Å². The number of hydrogen-bond donors (Lipinski definition) is 2. The van der Waals surface area contributed by atoms with E-state index < -0.39 is 0 Å². The number of para-hydroxylation sites is 1. The second-order valence-corrected chi connectivity index (χ2v) is 6.00. The Bertz CT molecular complexity index is 820. The van der Waals surface area contributed by atoms with Crippen LogP contribution in [0.5, 0.6) is 0 Å². The zero-order valence-corrected chi connectivity index (χ0v) is 13.8. The molecule has 0 saturated heterocycles. The molecule has 0 bridgehead atoms. The first-order valence-electron chi connectivity index (χ1n) is 8.01. The first-order valence-corrected chi connectivity index (χ1v) is 8.01. The summed E-state index contributed by atoms with van der Waals surface area (Å²) in [6, 6.07) is 15.0. The molecule has 2 aromatic carbocycles. The van der Waals surface area contributed by atoms with Crippen LogP contribution in [0.25, 0.3) is 0 Å². The number of benzene rings is 2. The van der Waals surface area contributed by atoms with E-state index in [0.717, 1.165) is 34.6 Å². The summed E-state index contributed by atoms with van der Waals surface area (Å²) in [5.74, 6) is 0.0639. The van der Waals surface area contributed by atoms with Crippen LogP contribution in [0, 0.1) is 6.92 Å². The zero-order chi connectivity index (χ0) is 17.1. The number of carbonyl (C=O) groups excluding carboxylic acids is 2. The molecular formula is C20H20N2O2. The van der Waals surface area contributed by atoms with Crippen molar-refractivity contribution in [3.8, 4) is 0 Å². The second kappa shape index (κ2) is 6.71. The Morgan fingerprint density at radius 2 is 1.67 bits per heavy atom. The molecule has 1 aliphatic carbocycles. The lowest BCUT2D eigenvalue weighted by Gasteiger charge is -2.10. The summed E-state index contributed by atoms with van der Waals surface area (Å²) in [6.07, 6.45) is 1.32. The highest BCUT2D eigenvalue weighted by atomic mass is 16.1. The van der Waals surface area contributed by atoms with Gasteiger partial charge in [0.25, 0.3) is 5.91 Å². The molecule has 0 aliphatic heterocycles. The summed E-state index contributed by atoms with van der Waals surface area (Å²) in [7, 11) is 0. The Kier molecular flexibility index (Phi) is 4.47. The molecule has 0 spiro atoms. The minimum Gasteiger partial charge on any atom is -0.359 e. The van der Waals surface area contributed by atoms with E-state index in [4.69, 9.17) is 0 Å². The predicted molar refractivity (Wildman–Crippen MR) is 96.1 cm³/mol. The molecule has 0 atom stereocenters. The molecule has 1 amide bonds. The maximum atomic E-state index is 12.3. The van der Waals surface area contributed by atoms with Crippen molar-refractivity contribution >= 4 is 23.1 Å². The zero-order valence-electron chi connectivity index (χ0n) is 13.8. The van der Waals surface area contributed by atoms with Gasteiger partial charge in [-0.3, -0.25) is 9.59 Å². The molecule has 2 aromatic rings. The van der Waals surface area contributed by atoms with Gasteiger partial charge in [-0.25, -0.2) is 0 Å². The molecular weight excluding hydrogens is 300 g/mol. The van der Waals surface area contributed by atoms with Crippen LogP contribution in [-0.2, 0) is 4.79 Å². The van der Waals surface area contributed by atoms with Gasteiger partial charge in [-0.15, -0.1) is 0 Å². The highest BCUT2D eigenvalue weighted by Crippen LogP contribution is 2.24. The molecule has 24 heavy (non-hydrogen) atoms. The van der Waals surface area contributed by atoms with Crippen LogP contribution in [-0.4, -0.2) is 11.7 Å². The van der Waals surface area contributed by atoms with Crippen molar-refractivity contribution in [3.05, 3.63) is 70.9 Å². The van der Waals surface area contributed by atoms with Crippen molar-refractivity contribution in [1.29, 1.82) is 0 Å². The van der Waals surface area contributed by atoms with Crippen molar-refractivity contribution < 1.29 is 9.59 Å². The summed E-state index contributed by atoms with van der Waals surface area (Å²) in [5, 5.41) is 6.19. The third kappa shape index (κ3) is 3.38. The molecule has 0 aromatic heterocycles. The van der Waals surface area contributed by atoms with Crippen LogP contribution < -0.4 is 10.6 Å². The van der Waals surface area contributed by atoms with Crippen LogP contribution in [0.15, 0.2) is 59.8 Å².